The van der Waals surface area contributed by atoms with Crippen molar-refractivity contribution in [2.24, 2.45) is 7.05 Å². The molecule has 0 fully saturated rings. The highest BCUT2D eigenvalue weighted by Crippen LogP contribution is 2.25. The molecule has 0 spiro atoms. The zero-order valence-electron chi connectivity index (χ0n) is 10.5. The largest absolute Gasteiger partial charge is 0.376 e. The topological polar surface area (TPSA) is 29.9 Å². The molecule has 1 aromatic carbocycles. The van der Waals surface area contributed by atoms with Crippen LogP contribution in [0.5, 0.6) is 0 Å². The molecular formula is C13H15F2N3. The lowest BCUT2D eigenvalue weighted by Crippen LogP contribution is -2.11. The Kier molecular flexibility index (Phi) is 3.32. The van der Waals surface area contributed by atoms with Gasteiger partial charge in [-0.05, 0) is 26.0 Å². The molecule has 18 heavy (non-hydrogen) atoms. The summed E-state index contributed by atoms with van der Waals surface area (Å²) >= 11 is 0. The van der Waals surface area contributed by atoms with Gasteiger partial charge in [0, 0.05) is 18.8 Å². The fourth-order valence-electron chi connectivity index (χ4n) is 1.97. The van der Waals surface area contributed by atoms with Crippen LogP contribution in [-0.4, -0.2) is 9.78 Å². The highest BCUT2D eigenvalue weighted by atomic mass is 19.1. The van der Waals surface area contributed by atoms with Gasteiger partial charge in [0.05, 0.1) is 17.4 Å². The number of hydrogen-bond donors (Lipinski definition) is 1. The predicted octanol–water partition coefficient (Wildman–Crippen LogP) is 3.18. The smallest absolute Gasteiger partial charge is 0.131 e. The number of aryl methyl sites for hydroxylation is 2. The highest BCUT2D eigenvalue weighted by Gasteiger charge is 2.17. The van der Waals surface area contributed by atoms with Gasteiger partial charge in [-0.1, -0.05) is 6.07 Å². The Morgan fingerprint density at radius 2 is 1.89 bits per heavy atom. The second kappa shape index (κ2) is 4.76. The van der Waals surface area contributed by atoms with E-state index in [0.717, 1.165) is 11.4 Å². The second-order valence-electron chi connectivity index (χ2n) is 4.30. The molecule has 5 heteroatoms. The van der Waals surface area contributed by atoms with Crippen LogP contribution in [0.1, 0.15) is 24.2 Å². The third kappa shape index (κ3) is 2.34. The summed E-state index contributed by atoms with van der Waals surface area (Å²) in [6.07, 6.45) is 1.78. The summed E-state index contributed by atoms with van der Waals surface area (Å²) in [7, 11) is 1.80. The van der Waals surface area contributed by atoms with Crippen LogP contribution in [0.15, 0.2) is 24.4 Å². The molecule has 1 aromatic heterocycles. The Labute approximate surface area is 104 Å². The maximum Gasteiger partial charge on any atom is 0.131 e. The van der Waals surface area contributed by atoms with E-state index < -0.39 is 17.7 Å². The van der Waals surface area contributed by atoms with Crippen molar-refractivity contribution in [2.75, 3.05) is 5.32 Å². The maximum absolute atomic E-state index is 13.6. The van der Waals surface area contributed by atoms with E-state index >= 15 is 0 Å². The maximum atomic E-state index is 13.6. The van der Waals surface area contributed by atoms with Crippen LogP contribution < -0.4 is 5.32 Å². The van der Waals surface area contributed by atoms with Gasteiger partial charge >= 0.3 is 0 Å². The van der Waals surface area contributed by atoms with Gasteiger partial charge in [0.15, 0.2) is 0 Å². The summed E-state index contributed by atoms with van der Waals surface area (Å²) in [6.45, 7) is 3.56. The predicted molar refractivity (Wildman–Crippen MR) is 66.3 cm³/mol. The minimum absolute atomic E-state index is 0.0424. The van der Waals surface area contributed by atoms with Crippen LogP contribution >= 0.6 is 0 Å². The van der Waals surface area contributed by atoms with Gasteiger partial charge in [0.25, 0.3) is 0 Å². The average molecular weight is 251 g/mol. The Balaban J connectivity index is 2.27. The van der Waals surface area contributed by atoms with Crippen LogP contribution in [0, 0.1) is 18.6 Å². The normalized spacial score (nSPS) is 12.5. The van der Waals surface area contributed by atoms with Gasteiger partial charge in [-0.15, -0.1) is 0 Å². The van der Waals surface area contributed by atoms with E-state index in [1.165, 1.54) is 18.2 Å². The minimum Gasteiger partial charge on any atom is -0.376 e. The van der Waals surface area contributed by atoms with Crippen LogP contribution in [0.2, 0.25) is 0 Å². The molecule has 1 heterocycles. The summed E-state index contributed by atoms with van der Waals surface area (Å²) in [5.74, 6) is -1.09. The number of aromatic nitrogens is 2. The molecule has 3 nitrogen and oxygen atoms in total. The third-order valence-corrected chi connectivity index (χ3v) is 2.82. The molecule has 0 saturated heterocycles. The van der Waals surface area contributed by atoms with E-state index in [1.807, 2.05) is 6.92 Å². The van der Waals surface area contributed by atoms with Crippen molar-refractivity contribution in [3.05, 3.63) is 47.3 Å². The first-order chi connectivity index (χ1) is 8.49. The number of rotatable bonds is 3. The Bertz CT molecular complexity index is 543. The Morgan fingerprint density at radius 3 is 2.39 bits per heavy atom. The third-order valence-electron chi connectivity index (χ3n) is 2.82. The molecule has 96 valence electrons. The van der Waals surface area contributed by atoms with E-state index in [4.69, 9.17) is 0 Å². The first kappa shape index (κ1) is 12.5. The first-order valence-electron chi connectivity index (χ1n) is 5.69. The Morgan fingerprint density at radius 1 is 1.28 bits per heavy atom. The van der Waals surface area contributed by atoms with Crippen LogP contribution in [0.3, 0.4) is 0 Å². The average Bonchev–Trinajstić information content (AvgIpc) is 2.57. The number of nitrogens with zero attached hydrogens (tertiary/aromatic N) is 2. The van der Waals surface area contributed by atoms with Gasteiger partial charge in [0.1, 0.15) is 11.6 Å². The second-order valence-corrected chi connectivity index (χ2v) is 4.30. The molecule has 0 bridgehead atoms. The summed E-state index contributed by atoms with van der Waals surface area (Å²) < 4.78 is 28.9. The quantitative estimate of drug-likeness (QED) is 0.908. The molecule has 2 aromatic rings. The van der Waals surface area contributed by atoms with E-state index in [-0.39, 0.29) is 5.56 Å². The Hall–Kier alpha value is -1.91. The number of hydrogen-bond acceptors (Lipinski definition) is 2. The highest BCUT2D eigenvalue weighted by molar-refractivity contribution is 5.47. The number of anilines is 1. The van der Waals surface area contributed by atoms with E-state index in [1.54, 1.807) is 24.9 Å². The van der Waals surface area contributed by atoms with Crippen LogP contribution in [0.25, 0.3) is 0 Å². The molecule has 1 atom stereocenters. The number of benzene rings is 1. The summed E-state index contributed by atoms with van der Waals surface area (Å²) in [5, 5.41) is 7.23. The molecule has 0 amide bonds. The monoisotopic (exact) mass is 251 g/mol. The zero-order valence-corrected chi connectivity index (χ0v) is 10.5. The van der Waals surface area contributed by atoms with Crippen molar-refractivity contribution in [1.82, 2.24) is 9.78 Å². The summed E-state index contributed by atoms with van der Waals surface area (Å²) in [4.78, 5) is 0. The molecule has 0 saturated carbocycles. The molecular weight excluding hydrogens is 236 g/mol. The van der Waals surface area contributed by atoms with Crippen molar-refractivity contribution in [1.29, 1.82) is 0 Å². The standard InChI is InChI=1S/C13H15F2N3/c1-8-12(7-18(3)17-8)16-9(2)13-10(14)5-4-6-11(13)15/h4-7,9,16H,1-3H3. The van der Waals surface area contributed by atoms with Gasteiger partial charge in [0.2, 0.25) is 0 Å². The first-order valence-corrected chi connectivity index (χ1v) is 5.69. The van der Waals surface area contributed by atoms with Gasteiger partial charge in [-0.2, -0.15) is 5.10 Å². The van der Waals surface area contributed by atoms with Crippen molar-refractivity contribution in [3.63, 3.8) is 0 Å². The van der Waals surface area contributed by atoms with E-state index in [0.29, 0.717) is 0 Å². The molecule has 0 aliphatic carbocycles. The summed E-state index contributed by atoms with van der Waals surface area (Å²) in [5.41, 5.74) is 1.61. The lowest BCUT2D eigenvalue weighted by atomic mass is 10.1. The molecule has 2 rings (SSSR count). The molecule has 0 radical (unpaired) electrons. The fraction of sp³-hybridized carbons (Fsp3) is 0.308. The molecule has 0 aliphatic heterocycles. The van der Waals surface area contributed by atoms with Gasteiger partial charge in [-0.3, -0.25) is 4.68 Å². The van der Waals surface area contributed by atoms with Crippen molar-refractivity contribution in [3.8, 4) is 0 Å². The fourth-order valence-corrected chi connectivity index (χ4v) is 1.97. The van der Waals surface area contributed by atoms with Crippen LogP contribution in [-0.2, 0) is 7.05 Å². The lowest BCUT2D eigenvalue weighted by Gasteiger charge is -2.16. The molecule has 0 aliphatic rings. The molecule has 1 N–H and O–H groups in total. The number of nitrogens with one attached hydrogen (secondary N) is 1. The minimum atomic E-state index is -0.545. The van der Waals surface area contributed by atoms with Crippen molar-refractivity contribution in [2.45, 2.75) is 19.9 Å². The van der Waals surface area contributed by atoms with Gasteiger partial charge in [-0.25, -0.2) is 8.78 Å². The molecule has 1 unspecified atom stereocenters. The van der Waals surface area contributed by atoms with E-state index in [2.05, 4.69) is 10.4 Å². The van der Waals surface area contributed by atoms with Crippen molar-refractivity contribution >= 4 is 5.69 Å². The van der Waals surface area contributed by atoms with Crippen LogP contribution in [0.4, 0.5) is 14.5 Å². The number of halogens is 2. The van der Waals surface area contributed by atoms with Crippen molar-refractivity contribution < 1.29 is 8.78 Å². The van der Waals surface area contributed by atoms with Gasteiger partial charge < -0.3 is 5.32 Å². The summed E-state index contributed by atoms with van der Waals surface area (Å²) in [6, 6.07) is 3.41. The van der Waals surface area contributed by atoms with E-state index in [9.17, 15) is 8.78 Å². The SMILES string of the molecule is Cc1nn(C)cc1NC(C)c1c(F)cccc1F. The zero-order chi connectivity index (χ0) is 13.3. The lowest BCUT2D eigenvalue weighted by molar-refractivity contribution is 0.544.